The molecule has 0 radical (unpaired) electrons. The number of halogens is 1. The molecule has 0 fully saturated rings. The van der Waals surface area contributed by atoms with Gasteiger partial charge in [0.25, 0.3) is 0 Å². The summed E-state index contributed by atoms with van der Waals surface area (Å²) in [5, 5.41) is 8.11. The third-order valence-electron chi connectivity index (χ3n) is 5.20. The van der Waals surface area contributed by atoms with Crippen LogP contribution >= 0.6 is 11.6 Å². The molecule has 4 aromatic rings. The number of nitrogens with two attached hydrogens (primary N) is 1. The minimum Gasteiger partial charge on any atom is -0.404 e. The predicted octanol–water partition coefficient (Wildman–Crippen LogP) is 4.71. The number of imidazole rings is 1. The quantitative estimate of drug-likeness (QED) is 0.405. The Balaban J connectivity index is 1.66. The van der Waals surface area contributed by atoms with Crippen LogP contribution in [0.3, 0.4) is 0 Å². The van der Waals surface area contributed by atoms with Crippen LogP contribution in [0.15, 0.2) is 85.3 Å². The first-order chi connectivity index (χ1) is 15.6. The maximum absolute atomic E-state index is 13.5. The van der Waals surface area contributed by atoms with Crippen LogP contribution in [0, 0.1) is 5.41 Å². The molecule has 0 atom stereocenters. The first-order valence-corrected chi connectivity index (χ1v) is 10.5. The number of rotatable bonds is 7. The zero-order valence-electron chi connectivity index (χ0n) is 17.3. The number of amides is 1. The third kappa shape index (κ3) is 4.55. The molecule has 0 aliphatic rings. The molecule has 6 nitrogen and oxygen atoms in total. The van der Waals surface area contributed by atoms with Crippen LogP contribution in [0.4, 0.5) is 5.69 Å². The molecule has 32 heavy (non-hydrogen) atoms. The van der Waals surface area contributed by atoms with E-state index in [2.05, 4.69) is 4.98 Å². The first-order valence-electron chi connectivity index (χ1n) is 10.1. The summed E-state index contributed by atoms with van der Waals surface area (Å²) in [7, 11) is 0. The molecule has 7 heteroatoms. The summed E-state index contributed by atoms with van der Waals surface area (Å²) in [5.74, 6) is -0.0648. The number of benzene rings is 2. The van der Waals surface area contributed by atoms with Crippen molar-refractivity contribution in [3.8, 4) is 0 Å². The Bertz CT molecular complexity index is 1290. The fourth-order valence-electron chi connectivity index (χ4n) is 3.57. The van der Waals surface area contributed by atoms with Crippen LogP contribution in [0.2, 0.25) is 5.02 Å². The van der Waals surface area contributed by atoms with Gasteiger partial charge in [-0.3, -0.25) is 4.79 Å². The van der Waals surface area contributed by atoms with Crippen molar-refractivity contribution in [2.75, 3.05) is 4.90 Å². The number of nitrogens with one attached hydrogen (secondary N) is 1. The third-order valence-corrected chi connectivity index (χ3v) is 5.44. The van der Waals surface area contributed by atoms with Crippen molar-refractivity contribution in [1.29, 1.82) is 5.41 Å². The molecule has 1 amide bonds. The van der Waals surface area contributed by atoms with E-state index in [1.807, 2.05) is 77.3 Å². The highest BCUT2D eigenvalue weighted by Crippen LogP contribution is 2.23. The molecule has 2 heterocycles. The van der Waals surface area contributed by atoms with E-state index < -0.39 is 0 Å². The molecule has 2 aromatic carbocycles. The van der Waals surface area contributed by atoms with Gasteiger partial charge >= 0.3 is 0 Å². The highest BCUT2D eigenvalue weighted by Gasteiger charge is 2.19. The Hall–Kier alpha value is -3.90. The summed E-state index contributed by atoms with van der Waals surface area (Å²) >= 11 is 6.17. The van der Waals surface area contributed by atoms with Crippen molar-refractivity contribution in [2.45, 2.75) is 13.0 Å². The highest BCUT2D eigenvalue weighted by atomic mass is 35.5. The fourth-order valence-corrected chi connectivity index (χ4v) is 3.78. The van der Waals surface area contributed by atoms with Crippen LogP contribution in [0.1, 0.15) is 16.8 Å². The second-order valence-corrected chi connectivity index (χ2v) is 7.71. The van der Waals surface area contributed by atoms with Gasteiger partial charge < -0.3 is 20.4 Å². The Kier molecular flexibility index (Phi) is 6.33. The Labute approximate surface area is 191 Å². The number of anilines is 1. The molecule has 160 valence electrons. The molecular formula is C25H22ClN5O. The fraction of sp³-hybridized carbons (Fsp3) is 0.0800. The number of fused-ring (bicyclic) bond motifs is 1. The van der Waals surface area contributed by atoms with E-state index >= 15 is 0 Å². The monoisotopic (exact) mass is 443 g/mol. The summed E-state index contributed by atoms with van der Waals surface area (Å²) in [4.78, 5) is 19.6. The minimum atomic E-state index is -0.0648. The zero-order chi connectivity index (χ0) is 22.5. The van der Waals surface area contributed by atoms with Crippen LogP contribution in [0.5, 0.6) is 0 Å². The molecule has 3 N–H and O–H groups in total. The standard InChI is InChI=1S/C25H22ClN5O/c26-21-5-3-4-18(12-21)17-31(22-9-7-19(8-10-22)20(14-27)15-28)25(32)13-23-16-29-24-6-1-2-11-30(23)24/h1-12,14-16,27H,13,17,28H2. The van der Waals surface area contributed by atoms with Crippen LogP contribution in [-0.2, 0) is 17.8 Å². The minimum absolute atomic E-state index is 0.0648. The number of carbonyl (C=O) groups excluding carboxylic acids is 1. The topological polar surface area (TPSA) is 87.5 Å². The van der Waals surface area contributed by atoms with Gasteiger partial charge in [-0.15, -0.1) is 0 Å². The molecule has 0 saturated heterocycles. The number of pyridine rings is 1. The van der Waals surface area contributed by atoms with Gasteiger partial charge in [0, 0.05) is 41.1 Å². The van der Waals surface area contributed by atoms with E-state index in [1.165, 1.54) is 12.4 Å². The second kappa shape index (κ2) is 9.49. The van der Waals surface area contributed by atoms with E-state index in [1.54, 1.807) is 11.1 Å². The second-order valence-electron chi connectivity index (χ2n) is 7.28. The number of nitrogens with zero attached hydrogens (tertiary/aromatic N) is 3. The highest BCUT2D eigenvalue weighted by molar-refractivity contribution is 6.30. The number of allylic oxidation sites excluding steroid dienone is 1. The van der Waals surface area contributed by atoms with Gasteiger partial charge in [0.15, 0.2) is 0 Å². The van der Waals surface area contributed by atoms with Gasteiger partial charge in [-0.1, -0.05) is 41.9 Å². The van der Waals surface area contributed by atoms with Crippen LogP contribution in [-0.4, -0.2) is 21.5 Å². The lowest BCUT2D eigenvalue weighted by atomic mass is 10.1. The Morgan fingerprint density at radius 1 is 1.12 bits per heavy atom. The molecule has 0 bridgehead atoms. The van der Waals surface area contributed by atoms with Gasteiger partial charge in [-0.2, -0.15) is 0 Å². The lowest BCUT2D eigenvalue weighted by Gasteiger charge is -2.23. The SMILES string of the molecule is N=CC(=CN)c1ccc(N(Cc2cccc(Cl)c2)C(=O)Cc2cnc3ccccn23)cc1. The number of carbonyl (C=O) groups is 1. The van der Waals surface area contributed by atoms with E-state index in [9.17, 15) is 4.79 Å². The summed E-state index contributed by atoms with van der Waals surface area (Å²) in [6, 6.07) is 20.6. The van der Waals surface area contributed by atoms with Crippen molar-refractivity contribution in [3.05, 3.63) is 107 Å². The van der Waals surface area contributed by atoms with E-state index in [4.69, 9.17) is 22.7 Å². The van der Waals surface area contributed by atoms with Crippen molar-refractivity contribution < 1.29 is 4.79 Å². The molecule has 2 aromatic heterocycles. The van der Waals surface area contributed by atoms with Gasteiger partial charge in [-0.05, 0) is 47.5 Å². The lowest BCUT2D eigenvalue weighted by Crippen LogP contribution is -2.32. The number of aromatic nitrogens is 2. The van der Waals surface area contributed by atoms with E-state index in [-0.39, 0.29) is 12.3 Å². The van der Waals surface area contributed by atoms with Gasteiger partial charge in [0.1, 0.15) is 5.65 Å². The molecular weight excluding hydrogens is 422 g/mol. The number of hydrogen-bond donors (Lipinski definition) is 2. The van der Waals surface area contributed by atoms with Crippen molar-refractivity contribution in [3.63, 3.8) is 0 Å². The van der Waals surface area contributed by atoms with Crippen LogP contribution in [0.25, 0.3) is 11.2 Å². The zero-order valence-corrected chi connectivity index (χ0v) is 18.0. The van der Waals surface area contributed by atoms with E-state index in [0.29, 0.717) is 17.1 Å². The van der Waals surface area contributed by atoms with Gasteiger partial charge in [0.2, 0.25) is 5.91 Å². The first kappa shape index (κ1) is 21.3. The summed E-state index contributed by atoms with van der Waals surface area (Å²) in [6.07, 6.45) is 6.42. The maximum Gasteiger partial charge on any atom is 0.233 e. The molecule has 4 rings (SSSR count). The normalized spacial score (nSPS) is 11.5. The van der Waals surface area contributed by atoms with Crippen molar-refractivity contribution in [1.82, 2.24) is 9.38 Å². The largest absolute Gasteiger partial charge is 0.404 e. The molecule has 0 saturated carbocycles. The lowest BCUT2D eigenvalue weighted by molar-refractivity contribution is -0.118. The summed E-state index contributed by atoms with van der Waals surface area (Å²) in [6.45, 7) is 0.375. The molecule has 0 aliphatic heterocycles. The maximum atomic E-state index is 13.5. The summed E-state index contributed by atoms with van der Waals surface area (Å²) in [5.41, 5.74) is 10.3. The Morgan fingerprint density at radius 2 is 1.94 bits per heavy atom. The summed E-state index contributed by atoms with van der Waals surface area (Å²) < 4.78 is 1.92. The van der Waals surface area contributed by atoms with Crippen molar-refractivity contribution >= 4 is 40.6 Å². The molecule has 0 unspecified atom stereocenters. The molecule has 0 spiro atoms. The Morgan fingerprint density at radius 3 is 2.66 bits per heavy atom. The van der Waals surface area contributed by atoms with Crippen LogP contribution < -0.4 is 10.6 Å². The average Bonchev–Trinajstić information content (AvgIpc) is 3.22. The average molecular weight is 444 g/mol. The smallest absolute Gasteiger partial charge is 0.233 e. The molecule has 0 aliphatic carbocycles. The van der Waals surface area contributed by atoms with Gasteiger partial charge in [-0.25, -0.2) is 4.98 Å². The number of hydrogen-bond acceptors (Lipinski definition) is 4. The predicted molar refractivity (Wildman–Crippen MR) is 129 cm³/mol. The van der Waals surface area contributed by atoms with Crippen molar-refractivity contribution in [2.24, 2.45) is 5.73 Å². The van der Waals surface area contributed by atoms with E-state index in [0.717, 1.165) is 28.2 Å². The van der Waals surface area contributed by atoms with Gasteiger partial charge in [0.05, 0.1) is 18.7 Å².